The van der Waals surface area contributed by atoms with Gasteiger partial charge in [0, 0.05) is 12.8 Å². The van der Waals surface area contributed by atoms with Gasteiger partial charge in [-0.25, -0.2) is 0 Å². The Kier molecular flexibility index (Phi) is 6.01. The Morgan fingerprint density at radius 1 is 1.27 bits per heavy atom. The number of hydrogen-bond acceptors (Lipinski definition) is 7. The second-order valence-corrected chi connectivity index (χ2v) is 9.59. The van der Waals surface area contributed by atoms with Crippen LogP contribution in [0, 0.1) is 6.92 Å². The highest BCUT2D eigenvalue weighted by atomic mass is 32.2. The summed E-state index contributed by atoms with van der Waals surface area (Å²) in [6.45, 7) is 3.08. The van der Waals surface area contributed by atoms with Crippen molar-refractivity contribution in [3.8, 4) is 11.6 Å². The maximum atomic E-state index is 13.4. The van der Waals surface area contributed by atoms with Crippen LogP contribution in [0.5, 0.6) is 11.6 Å². The van der Waals surface area contributed by atoms with Crippen molar-refractivity contribution in [1.29, 1.82) is 0 Å². The van der Waals surface area contributed by atoms with Gasteiger partial charge < -0.3 is 9.47 Å². The number of fused-ring (bicyclic) bond motifs is 1. The van der Waals surface area contributed by atoms with Crippen LogP contribution in [-0.4, -0.2) is 43.8 Å². The third kappa shape index (κ3) is 4.44. The number of carbonyl (C=O) groups excluding carboxylic acids is 1. The highest BCUT2D eigenvalue weighted by Gasteiger charge is 2.35. The number of aromatic nitrogens is 2. The van der Waals surface area contributed by atoms with Gasteiger partial charge in [0.1, 0.15) is 21.3 Å². The third-order valence-electron chi connectivity index (χ3n) is 5.50. The molecule has 4 heterocycles. The molecule has 7 nitrogen and oxygen atoms in total. The fourth-order valence-electron chi connectivity index (χ4n) is 3.85. The summed E-state index contributed by atoms with van der Waals surface area (Å²) in [5.41, 5.74) is 1.33. The molecule has 2 aliphatic heterocycles. The number of aryl methyl sites for hydroxylation is 1. The van der Waals surface area contributed by atoms with E-state index in [1.54, 1.807) is 35.4 Å². The maximum absolute atomic E-state index is 13.4. The van der Waals surface area contributed by atoms with Gasteiger partial charge in [0.2, 0.25) is 5.88 Å². The van der Waals surface area contributed by atoms with E-state index in [1.807, 2.05) is 25.1 Å². The van der Waals surface area contributed by atoms with Crippen molar-refractivity contribution < 1.29 is 14.3 Å². The molecular formula is C24H21N3O4S2. The molecule has 0 N–H and O–H groups in total. The van der Waals surface area contributed by atoms with Crippen molar-refractivity contribution in [2.75, 3.05) is 13.2 Å². The van der Waals surface area contributed by atoms with Crippen molar-refractivity contribution in [1.82, 2.24) is 14.3 Å². The zero-order chi connectivity index (χ0) is 22.9. The summed E-state index contributed by atoms with van der Waals surface area (Å²) in [6, 6.07) is 12.8. The first-order chi connectivity index (χ1) is 16.0. The van der Waals surface area contributed by atoms with Crippen molar-refractivity contribution in [3.63, 3.8) is 0 Å². The molecule has 1 aromatic carbocycles. The number of hydrogen-bond donors (Lipinski definition) is 0. The van der Waals surface area contributed by atoms with Gasteiger partial charge in [0.05, 0.1) is 17.6 Å². The largest absolute Gasteiger partial charge is 0.438 e. The molecule has 0 radical (unpaired) electrons. The number of pyridine rings is 1. The molecular weight excluding hydrogens is 458 g/mol. The van der Waals surface area contributed by atoms with Crippen LogP contribution in [0.1, 0.15) is 24.0 Å². The third-order valence-corrected chi connectivity index (χ3v) is 6.88. The molecule has 0 spiro atoms. The first kappa shape index (κ1) is 21.8. The average Bonchev–Trinajstić information content (AvgIpc) is 3.40. The first-order valence-electron chi connectivity index (χ1n) is 10.6. The fraction of sp³-hybridized carbons (Fsp3) is 0.250. The van der Waals surface area contributed by atoms with Crippen LogP contribution in [0.3, 0.4) is 0 Å². The molecule has 2 aromatic heterocycles. The molecule has 0 aliphatic carbocycles. The van der Waals surface area contributed by atoms with E-state index in [2.05, 4.69) is 4.98 Å². The van der Waals surface area contributed by atoms with Crippen molar-refractivity contribution in [2.24, 2.45) is 0 Å². The highest BCUT2D eigenvalue weighted by molar-refractivity contribution is 8.26. The lowest BCUT2D eigenvalue weighted by molar-refractivity contribution is -0.123. The number of rotatable bonds is 5. The van der Waals surface area contributed by atoms with Crippen LogP contribution < -0.4 is 10.3 Å². The number of nitrogens with zero attached hydrogens (tertiary/aromatic N) is 3. The molecule has 168 valence electrons. The Labute approximate surface area is 200 Å². The molecule has 9 heteroatoms. The van der Waals surface area contributed by atoms with Crippen LogP contribution in [0.25, 0.3) is 11.7 Å². The number of benzene rings is 1. The number of amides is 1. The minimum absolute atomic E-state index is 0.0139. The van der Waals surface area contributed by atoms with E-state index < -0.39 is 0 Å². The summed E-state index contributed by atoms with van der Waals surface area (Å²) in [4.78, 5) is 32.9. The minimum Gasteiger partial charge on any atom is -0.438 e. The number of thiocarbonyl (C=S) groups is 1. The van der Waals surface area contributed by atoms with Crippen LogP contribution in [0.2, 0.25) is 0 Å². The Morgan fingerprint density at radius 3 is 2.94 bits per heavy atom. The van der Waals surface area contributed by atoms with E-state index in [0.29, 0.717) is 33.8 Å². The zero-order valence-electron chi connectivity index (χ0n) is 17.9. The van der Waals surface area contributed by atoms with Gasteiger partial charge in [-0.05, 0) is 55.7 Å². The number of ether oxygens (including phenoxy) is 2. The van der Waals surface area contributed by atoms with E-state index >= 15 is 0 Å². The zero-order valence-corrected chi connectivity index (χ0v) is 19.5. The lowest BCUT2D eigenvalue weighted by atomic mass is 10.2. The summed E-state index contributed by atoms with van der Waals surface area (Å²) >= 11 is 6.62. The summed E-state index contributed by atoms with van der Waals surface area (Å²) in [6.07, 6.45) is 5.05. The normalized spacial score (nSPS) is 19.7. The molecule has 33 heavy (non-hydrogen) atoms. The van der Waals surface area contributed by atoms with E-state index in [1.165, 1.54) is 22.2 Å². The SMILES string of the molecule is Cc1cccc(Oc2nc3ccccn3c(=O)c2/C=C2/SC(=S)N(CC3CCCO3)C2=O)c1. The monoisotopic (exact) mass is 479 g/mol. The van der Waals surface area contributed by atoms with Crippen molar-refractivity contribution in [3.05, 3.63) is 75.0 Å². The average molecular weight is 480 g/mol. The molecule has 0 saturated carbocycles. The van der Waals surface area contributed by atoms with Gasteiger partial charge in [-0.15, -0.1) is 0 Å². The summed E-state index contributed by atoms with van der Waals surface area (Å²) < 4.78 is 13.6. The molecule has 0 bridgehead atoms. The Hall–Kier alpha value is -3.01. The molecule has 2 fully saturated rings. The number of thioether (sulfide) groups is 1. The quantitative estimate of drug-likeness (QED) is 0.402. The van der Waals surface area contributed by atoms with E-state index in [0.717, 1.165) is 18.4 Å². The van der Waals surface area contributed by atoms with E-state index in [-0.39, 0.29) is 29.0 Å². The molecule has 1 amide bonds. The van der Waals surface area contributed by atoms with Gasteiger partial charge in [0.15, 0.2) is 0 Å². The molecule has 3 aromatic rings. The van der Waals surface area contributed by atoms with Gasteiger partial charge in [-0.3, -0.25) is 18.9 Å². The molecule has 2 saturated heterocycles. The molecule has 1 atom stereocenters. The predicted octanol–water partition coefficient (Wildman–Crippen LogP) is 4.18. The Morgan fingerprint density at radius 2 is 2.15 bits per heavy atom. The highest BCUT2D eigenvalue weighted by Crippen LogP contribution is 2.35. The van der Waals surface area contributed by atoms with Crippen molar-refractivity contribution in [2.45, 2.75) is 25.9 Å². The van der Waals surface area contributed by atoms with E-state index in [9.17, 15) is 9.59 Å². The predicted molar refractivity (Wildman–Crippen MR) is 132 cm³/mol. The first-order valence-corrected chi connectivity index (χ1v) is 11.8. The Balaban J connectivity index is 1.55. The van der Waals surface area contributed by atoms with Crippen molar-refractivity contribution >= 4 is 45.9 Å². The Bertz CT molecular complexity index is 1350. The topological polar surface area (TPSA) is 73.1 Å². The van der Waals surface area contributed by atoms with Gasteiger partial charge in [-0.1, -0.05) is 42.2 Å². The molecule has 1 unspecified atom stereocenters. The summed E-state index contributed by atoms with van der Waals surface area (Å²) in [5.74, 6) is 0.462. The minimum atomic E-state index is -0.326. The standard InChI is InChI=1S/C24H21N3O4S2/c1-15-6-4-7-16(12-15)31-21-18(22(28)26-10-3-2-9-20(26)25-21)13-19-23(29)27(24(32)33-19)14-17-8-5-11-30-17/h2-4,6-7,9-10,12-13,17H,5,8,11,14H2,1H3/b19-13+. The van der Waals surface area contributed by atoms with E-state index in [4.69, 9.17) is 21.7 Å². The lowest BCUT2D eigenvalue weighted by Crippen LogP contribution is -2.35. The van der Waals surface area contributed by atoms with Crippen LogP contribution >= 0.6 is 24.0 Å². The van der Waals surface area contributed by atoms with Crippen LogP contribution in [-0.2, 0) is 9.53 Å². The van der Waals surface area contributed by atoms with Gasteiger partial charge >= 0.3 is 0 Å². The smallest absolute Gasteiger partial charge is 0.269 e. The maximum Gasteiger partial charge on any atom is 0.269 e. The van der Waals surface area contributed by atoms with Crippen LogP contribution in [0.15, 0.2) is 58.4 Å². The lowest BCUT2D eigenvalue weighted by Gasteiger charge is -2.18. The molecule has 5 rings (SSSR count). The second-order valence-electron chi connectivity index (χ2n) is 7.91. The fourth-order valence-corrected chi connectivity index (χ4v) is 5.11. The van der Waals surface area contributed by atoms with Gasteiger partial charge in [0.25, 0.3) is 11.5 Å². The number of carbonyl (C=O) groups is 1. The van der Waals surface area contributed by atoms with Gasteiger partial charge in [-0.2, -0.15) is 4.98 Å². The van der Waals surface area contributed by atoms with Crippen LogP contribution in [0.4, 0.5) is 0 Å². The second kappa shape index (κ2) is 9.09. The summed E-state index contributed by atoms with van der Waals surface area (Å²) in [5, 5.41) is 0. The summed E-state index contributed by atoms with van der Waals surface area (Å²) in [7, 11) is 0. The molecule has 2 aliphatic rings.